The maximum absolute atomic E-state index is 12.8. The average Bonchev–Trinajstić information content (AvgIpc) is 2.78. The van der Waals surface area contributed by atoms with Crippen LogP contribution >= 0.6 is 35.7 Å². The molecule has 1 saturated heterocycles. The summed E-state index contributed by atoms with van der Waals surface area (Å²) < 4.78 is 6.01. The predicted octanol–water partition coefficient (Wildman–Crippen LogP) is 4.07. The molecule has 0 radical (unpaired) electrons. The average molecular weight is 575 g/mol. The minimum Gasteiger partial charge on any atom is -0.489 e. The van der Waals surface area contributed by atoms with Gasteiger partial charge in [-0.25, -0.2) is 4.99 Å². The number of rotatable bonds is 7. The first-order valence-electron chi connectivity index (χ1n) is 11.7. The standard InChI is InChI=1S/C24H38N4O2S.HI/c1-4-25-24(26-17-19(3)30-22-7-5-6-18(2)16-22)27-21-10-8-20(9-11-21)23(29)28-12-14-31-15-13-28;/h5-7,16,19-21H,4,8-15,17H2,1-3H3,(H2,25,26,27);1H. The van der Waals surface area contributed by atoms with E-state index in [1.54, 1.807) is 0 Å². The number of hydrogen-bond donors (Lipinski definition) is 2. The van der Waals surface area contributed by atoms with Gasteiger partial charge in [0.15, 0.2) is 5.96 Å². The van der Waals surface area contributed by atoms with E-state index in [-0.39, 0.29) is 36.0 Å². The number of carbonyl (C=O) groups is 1. The molecule has 2 N–H and O–H groups in total. The molecule has 3 rings (SSSR count). The highest BCUT2D eigenvalue weighted by atomic mass is 127. The van der Waals surface area contributed by atoms with Crippen molar-refractivity contribution in [1.82, 2.24) is 15.5 Å². The highest BCUT2D eigenvalue weighted by molar-refractivity contribution is 14.0. The van der Waals surface area contributed by atoms with E-state index in [1.165, 1.54) is 5.56 Å². The molecule has 8 heteroatoms. The Morgan fingerprint density at radius 1 is 1.25 bits per heavy atom. The largest absolute Gasteiger partial charge is 0.489 e. The smallest absolute Gasteiger partial charge is 0.225 e. The lowest BCUT2D eigenvalue weighted by molar-refractivity contribution is -0.136. The van der Waals surface area contributed by atoms with Crippen molar-refractivity contribution in [3.63, 3.8) is 0 Å². The van der Waals surface area contributed by atoms with E-state index in [2.05, 4.69) is 35.4 Å². The summed E-state index contributed by atoms with van der Waals surface area (Å²) in [5, 5.41) is 6.93. The number of aryl methyl sites for hydroxylation is 1. The number of carbonyl (C=O) groups excluding carboxylic acids is 1. The summed E-state index contributed by atoms with van der Waals surface area (Å²) in [7, 11) is 0. The molecule has 1 saturated carbocycles. The van der Waals surface area contributed by atoms with Gasteiger partial charge in [0.2, 0.25) is 5.91 Å². The molecule has 1 unspecified atom stereocenters. The maximum atomic E-state index is 12.8. The fraction of sp³-hybridized carbons (Fsp3) is 0.667. The normalized spacial score (nSPS) is 22.5. The summed E-state index contributed by atoms with van der Waals surface area (Å²) in [5.74, 6) is 4.46. The van der Waals surface area contributed by atoms with Gasteiger partial charge in [-0.15, -0.1) is 24.0 Å². The maximum Gasteiger partial charge on any atom is 0.225 e. The Morgan fingerprint density at radius 3 is 2.62 bits per heavy atom. The van der Waals surface area contributed by atoms with Crippen LogP contribution in [0.2, 0.25) is 0 Å². The second-order valence-electron chi connectivity index (χ2n) is 8.60. The van der Waals surface area contributed by atoms with Crippen LogP contribution < -0.4 is 15.4 Å². The number of aliphatic imine (C=N–C) groups is 1. The minimum absolute atomic E-state index is 0. The first kappa shape index (κ1) is 27.1. The lowest BCUT2D eigenvalue weighted by atomic mass is 9.85. The topological polar surface area (TPSA) is 66.0 Å². The molecule has 1 aliphatic heterocycles. The molecule has 180 valence electrons. The van der Waals surface area contributed by atoms with Gasteiger partial charge in [0.25, 0.3) is 0 Å². The van der Waals surface area contributed by atoms with Gasteiger partial charge in [0, 0.05) is 43.1 Å². The van der Waals surface area contributed by atoms with Crippen LogP contribution in [0, 0.1) is 12.8 Å². The minimum atomic E-state index is -0.00619. The molecule has 1 atom stereocenters. The zero-order chi connectivity index (χ0) is 22.1. The number of benzene rings is 1. The summed E-state index contributed by atoms with van der Waals surface area (Å²) in [6.07, 6.45) is 3.95. The summed E-state index contributed by atoms with van der Waals surface area (Å²) in [4.78, 5) is 19.6. The number of ether oxygens (including phenoxy) is 1. The van der Waals surface area contributed by atoms with E-state index in [0.29, 0.717) is 18.5 Å². The van der Waals surface area contributed by atoms with Crippen LogP contribution in [0.4, 0.5) is 0 Å². The van der Waals surface area contributed by atoms with Crippen LogP contribution in [0.5, 0.6) is 5.75 Å². The number of guanidine groups is 1. The predicted molar refractivity (Wildman–Crippen MR) is 145 cm³/mol. The fourth-order valence-electron chi connectivity index (χ4n) is 4.22. The van der Waals surface area contributed by atoms with E-state index < -0.39 is 0 Å². The zero-order valence-electron chi connectivity index (χ0n) is 19.6. The van der Waals surface area contributed by atoms with Gasteiger partial charge < -0.3 is 20.3 Å². The molecular formula is C24H39IN4O2S. The van der Waals surface area contributed by atoms with E-state index in [1.807, 2.05) is 36.9 Å². The van der Waals surface area contributed by atoms with Crippen molar-refractivity contribution in [3.8, 4) is 5.75 Å². The Kier molecular flexibility index (Phi) is 12.0. The first-order valence-corrected chi connectivity index (χ1v) is 12.8. The number of amides is 1. The van der Waals surface area contributed by atoms with Gasteiger partial charge in [-0.2, -0.15) is 11.8 Å². The van der Waals surface area contributed by atoms with Crippen LogP contribution in [0.25, 0.3) is 0 Å². The lowest BCUT2D eigenvalue weighted by Crippen LogP contribution is -2.47. The Hall–Kier alpha value is -1.16. The monoisotopic (exact) mass is 574 g/mol. The molecule has 1 aromatic carbocycles. The molecule has 1 aliphatic carbocycles. The third-order valence-electron chi connectivity index (χ3n) is 5.92. The number of thioether (sulfide) groups is 1. The quantitative estimate of drug-likeness (QED) is 0.292. The Balaban J connectivity index is 0.00000363. The van der Waals surface area contributed by atoms with Crippen LogP contribution in [0.1, 0.15) is 45.1 Å². The molecule has 2 aliphatic rings. The van der Waals surface area contributed by atoms with Gasteiger partial charge in [-0.05, 0) is 64.2 Å². The van der Waals surface area contributed by atoms with E-state index >= 15 is 0 Å². The number of hydrogen-bond acceptors (Lipinski definition) is 4. The Morgan fingerprint density at radius 2 is 1.97 bits per heavy atom. The molecule has 0 spiro atoms. The van der Waals surface area contributed by atoms with Crippen LogP contribution in [-0.2, 0) is 4.79 Å². The van der Waals surface area contributed by atoms with Crippen molar-refractivity contribution >= 4 is 47.6 Å². The highest BCUT2D eigenvalue weighted by Crippen LogP contribution is 2.27. The van der Waals surface area contributed by atoms with Crippen molar-refractivity contribution < 1.29 is 9.53 Å². The number of nitrogens with one attached hydrogen (secondary N) is 2. The van der Waals surface area contributed by atoms with Gasteiger partial charge in [0.05, 0.1) is 6.54 Å². The number of halogens is 1. The third-order valence-corrected chi connectivity index (χ3v) is 6.86. The Bertz CT molecular complexity index is 734. The van der Waals surface area contributed by atoms with Crippen molar-refractivity contribution in [2.75, 3.05) is 37.7 Å². The second kappa shape index (κ2) is 14.2. The van der Waals surface area contributed by atoms with E-state index in [0.717, 1.165) is 68.5 Å². The summed E-state index contributed by atoms with van der Waals surface area (Å²) in [6, 6.07) is 8.48. The first-order chi connectivity index (χ1) is 15.0. The van der Waals surface area contributed by atoms with Crippen molar-refractivity contribution in [2.24, 2.45) is 10.9 Å². The van der Waals surface area contributed by atoms with E-state index in [4.69, 9.17) is 9.73 Å². The second-order valence-corrected chi connectivity index (χ2v) is 9.82. The summed E-state index contributed by atoms with van der Waals surface area (Å²) in [5.41, 5.74) is 1.19. The third kappa shape index (κ3) is 8.65. The van der Waals surface area contributed by atoms with Gasteiger partial charge in [0.1, 0.15) is 11.9 Å². The Labute approximate surface area is 214 Å². The molecule has 32 heavy (non-hydrogen) atoms. The molecule has 1 aromatic rings. The van der Waals surface area contributed by atoms with E-state index in [9.17, 15) is 4.79 Å². The SMILES string of the molecule is CCNC(=NCC(C)Oc1cccc(C)c1)NC1CCC(C(=O)N2CCSCC2)CC1.I. The summed E-state index contributed by atoms with van der Waals surface area (Å²) >= 11 is 1.95. The van der Waals surface area contributed by atoms with Crippen molar-refractivity contribution in [2.45, 2.75) is 58.6 Å². The van der Waals surface area contributed by atoms with Crippen molar-refractivity contribution in [3.05, 3.63) is 29.8 Å². The van der Waals surface area contributed by atoms with Crippen LogP contribution in [-0.4, -0.2) is 66.6 Å². The van der Waals surface area contributed by atoms with Gasteiger partial charge >= 0.3 is 0 Å². The van der Waals surface area contributed by atoms with Crippen LogP contribution in [0.3, 0.4) is 0 Å². The molecule has 1 heterocycles. The summed E-state index contributed by atoms with van der Waals surface area (Å²) in [6.45, 7) is 9.44. The molecule has 6 nitrogen and oxygen atoms in total. The van der Waals surface area contributed by atoms with Gasteiger partial charge in [-0.1, -0.05) is 12.1 Å². The number of nitrogens with zero attached hydrogens (tertiary/aromatic N) is 2. The van der Waals surface area contributed by atoms with Crippen LogP contribution in [0.15, 0.2) is 29.3 Å². The lowest BCUT2D eigenvalue weighted by Gasteiger charge is -2.34. The molecule has 1 amide bonds. The highest BCUT2D eigenvalue weighted by Gasteiger charge is 2.30. The fourth-order valence-corrected chi connectivity index (χ4v) is 5.12. The molecule has 0 aromatic heterocycles. The zero-order valence-corrected chi connectivity index (χ0v) is 22.8. The van der Waals surface area contributed by atoms with Crippen molar-refractivity contribution in [1.29, 1.82) is 0 Å². The van der Waals surface area contributed by atoms with Gasteiger partial charge in [-0.3, -0.25) is 4.79 Å². The molecular weight excluding hydrogens is 535 g/mol. The molecule has 2 fully saturated rings. The molecule has 0 bridgehead atoms.